The summed E-state index contributed by atoms with van der Waals surface area (Å²) in [7, 11) is 0. The van der Waals surface area contributed by atoms with Gasteiger partial charge in [-0.25, -0.2) is 4.79 Å². The smallest absolute Gasteiger partial charge is 0.408 e. The molecule has 38 heavy (non-hydrogen) atoms. The Labute approximate surface area is 236 Å². The largest absolute Gasteiger partial charge is 0.444 e. The van der Waals surface area contributed by atoms with Gasteiger partial charge in [-0.1, -0.05) is 51.8 Å². The standard InChI is InChI=1S/C30H51N3O4S/c1-10-11-12-18-31-27(34)26(24-15-13-14-21(4)23(24)6)33(22(5)17-16-20(2)3)28(35)25(19-38)32-29(36)37-30(7,8)9/h13-15,20,22,25-26,38H,10-12,16-19H2,1-9H3,(H,31,34)(H,32,36). The third kappa shape index (κ3) is 10.9. The molecule has 3 amide bonds. The Balaban J connectivity index is 3.55. The maximum Gasteiger partial charge on any atom is 0.408 e. The number of hydrogen-bond acceptors (Lipinski definition) is 5. The number of amides is 3. The lowest BCUT2D eigenvalue weighted by Gasteiger charge is -2.39. The molecule has 8 heteroatoms. The van der Waals surface area contributed by atoms with Gasteiger partial charge in [0, 0.05) is 18.3 Å². The first kappa shape index (κ1) is 33.8. The summed E-state index contributed by atoms with van der Waals surface area (Å²) in [5, 5.41) is 5.78. The summed E-state index contributed by atoms with van der Waals surface area (Å²) in [5.41, 5.74) is 2.10. The summed E-state index contributed by atoms with van der Waals surface area (Å²) in [5.74, 6) is -0.0493. The third-order valence-corrected chi connectivity index (χ3v) is 6.98. The number of nitrogens with one attached hydrogen (secondary N) is 2. The van der Waals surface area contributed by atoms with Crippen molar-refractivity contribution < 1.29 is 19.1 Å². The van der Waals surface area contributed by atoms with Crippen molar-refractivity contribution in [3.05, 3.63) is 34.9 Å². The van der Waals surface area contributed by atoms with Gasteiger partial charge < -0.3 is 20.3 Å². The first-order valence-corrected chi connectivity index (χ1v) is 14.6. The molecule has 216 valence electrons. The van der Waals surface area contributed by atoms with Gasteiger partial charge in [0.15, 0.2) is 0 Å². The molecular weight excluding hydrogens is 498 g/mol. The zero-order chi connectivity index (χ0) is 29.0. The normalized spacial score (nSPS) is 14.0. The van der Waals surface area contributed by atoms with Crippen molar-refractivity contribution in [2.45, 2.75) is 118 Å². The SMILES string of the molecule is CCCCCNC(=O)C(c1cccc(C)c1C)N(C(=O)C(CS)NC(=O)OC(C)(C)C)C(C)CCC(C)C. The van der Waals surface area contributed by atoms with Crippen LogP contribution in [0, 0.1) is 19.8 Å². The highest BCUT2D eigenvalue weighted by Crippen LogP contribution is 2.30. The van der Waals surface area contributed by atoms with Crippen molar-refractivity contribution in [3.8, 4) is 0 Å². The predicted molar refractivity (Wildman–Crippen MR) is 159 cm³/mol. The second-order valence-electron chi connectivity index (χ2n) is 11.6. The number of nitrogens with zero attached hydrogens (tertiary/aromatic N) is 1. The minimum absolute atomic E-state index is 0.0725. The lowest BCUT2D eigenvalue weighted by atomic mass is 9.93. The molecule has 3 unspecified atom stereocenters. The summed E-state index contributed by atoms with van der Waals surface area (Å²) < 4.78 is 5.41. The third-order valence-electron chi connectivity index (χ3n) is 6.61. The highest BCUT2D eigenvalue weighted by Gasteiger charge is 2.39. The van der Waals surface area contributed by atoms with Crippen molar-refractivity contribution in [3.63, 3.8) is 0 Å². The van der Waals surface area contributed by atoms with Crippen LogP contribution in [-0.4, -0.2) is 52.8 Å². The second-order valence-corrected chi connectivity index (χ2v) is 12.0. The number of hydrogen-bond donors (Lipinski definition) is 3. The van der Waals surface area contributed by atoms with Gasteiger partial charge in [0.25, 0.3) is 0 Å². The van der Waals surface area contributed by atoms with Gasteiger partial charge in [0.1, 0.15) is 17.7 Å². The van der Waals surface area contributed by atoms with Crippen molar-refractivity contribution in [1.29, 1.82) is 0 Å². The van der Waals surface area contributed by atoms with E-state index in [0.29, 0.717) is 12.5 Å². The van der Waals surface area contributed by atoms with Crippen molar-refractivity contribution >= 4 is 30.5 Å². The number of carbonyl (C=O) groups is 3. The number of rotatable bonds is 14. The first-order chi connectivity index (χ1) is 17.7. The van der Waals surface area contributed by atoms with E-state index in [9.17, 15) is 14.4 Å². The average molecular weight is 550 g/mol. The summed E-state index contributed by atoms with van der Waals surface area (Å²) in [6.07, 6.45) is 3.87. The molecule has 0 aliphatic carbocycles. The summed E-state index contributed by atoms with van der Waals surface area (Å²) in [6, 6.07) is 3.81. The zero-order valence-corrected chi connectivity index (χ0v) is 25.9. The van der Waals surface area contributed by atoms with Crippen LogP contribution < -0.4 is 10.6 Å². The van der Waals surface area contributed by atoms with E-state index in [1.807, 2.05) is 39.0 Å². The molecule has 0 bridgehead atoms. The number of unbranched alkanes of at least 4 members (excludes halogenated alkanes) is 2. The monoisotopic (exact) mass is 549 g/mol. The van der Waals surface area contributed by atoms with Crippen molar-refractivity contribution in [2.24, 2.45) is 5.92 Å². The fourth-order valence-corrected chi connectivity index (χ4v) is 4.55. The molecule has 1 aromatic rings. The van der Waals surface area contributed by atoms with Gasteiger partial charge in [0.2, 0.25) is 11.8 Å². The van der Waals surface area contributed by atoms with E-state index in [-0.39, 0.29) is 23.6 Å². The molecule has 0 radical (unpaired) electrons. The molecule has 1 rings (SSSR count). The summed E-state index contributed by atoms with van der Waals surface area (Å²) in [4.78, 5) is 42.3. The van der Waals surface area contributed by atoms with Gasteiger partial charge in [-0.15, -0.1) is 0 Å². The number of ether oxygens (including phenoxy) is 1. The van der Waals surface area contributed by atoms with E-state index < -0.39 is 23.8 Å². The summed E-state index contributed by atoms with van der Waals surface area (Å²) in [6.45, 7) is 18.2. The maximum atomic E-state index is 14.2. The molecule has 7 nitrogen and oxygen atoms in total. The Morgan fingerprint density at radius 3 is 2.26 bits per heavy atom. The minimum Gasteiger partial charge on any atom is -0.444 e. The van der Waals surface area contributed by atoms with Crippen LogP contribution in [-0.2, 0) is 14.3 Å². The topological polar surface area (TPSA) is 87.7 Å². The quantitative estimate of drug-likeness (QED) is 0.193. The van der Waals surface area contributed by atoms with Crippen LogP contribution in [0.2, 0.25) is 0 Å². The highest BCUT2D eigenvalue weighted by molar-refractivity contribution is 7.80. The minimum atomic E-state index is -0.949. The molecule has 0 aliphatic heterocycles. The average Bonchev–Trinajstić information content (AvgIpc) is 2.82. The Morgan fingerprint density at radius 1 is 1.05 bits per heavy atom. The molecule has 0 saturated heterocycles. The van der Waals surface area contributed by atoms with Crippen LogP contribution in [0.15, 0.2) is 18.2 Å². The highest BCUT2D eigenvalue weighted by atomic mass is 32.1. The van der Waals surface area contributed by atoms with Crippen LogP contribution in [0.25, 0.3) is 0 Å². The van der Waals surface area contributed by atoms with Gasteiger partial charge >= 0.3 is 6.09 Å². The molecule has 0 saturated carbocycles. The molecular formula is C30H51N3O4S. The zero-order valence-electron chi connectivity index (χ0n) is 25.0. The number of thiol groups is 1. The van der Waals surface area contributed by atoms with Gasteiger partial charge in [-0.3, -0.25) is 9.59 Å². The van der Waals surface area contributed by atoms with E-state index >= 15 is 0 Å². The van der Waals surface area contributed by atoms with E-state index in [2.05, 4.69) is 44.0 Å². The Hall–Kier alpha value is -2.22. The molecule has 3 atom stereocenters. The molecule has 0 fully saturated rings. The van der Waals surface area contributed by atoms with Gasteiger partial charge in [-0.05, 0) is 83.4 Å². The summed E-state index contributed by atoms with van der Waals surface area (Å²) >= 11 is 4.39. The van der Waals surface area contributed by atoms with Crippen molar-refractivity contribution in [1.82, 2.24) is 15.5 Å². The van der Waals surface area contributed by atoms with Crippen LogP contribution in [0.3, 0.4) is 0 Å². The van der Waals surface area contributed by atoms with Gasteiger partial charge in [-0.2, -0.15) is 12.6 Å². The van der Waals surface area contributed by atoms with E-state index in [1.165, 1.54) is 0 Å². The fourth-order valence-electron chi connectivity index (χ4n) is 4.30. The second kappa shape index (κ2) is 16.0. The van der Waals surface area contributed by atoms with E-state index in [4.69, 9.17) is 4.74 Å². The van der Waals surface area contributed by atoms with E-state index in [0.717, 1.165) is 48.8 Å². The van der Waals surface area contributed by atoms with Crippen molar-refractivity contribution in [2.75, 3.05) is 12.3 Å². The number of benzene rings is 1. The molecule has 2 N–H and O–H groups in total. The lowest BCUT2D eigenvalue weighted by molar-refractivity contribution is -0.144. The maximum absolute atomic E-state index is 14.2. The number of carbonyl (C=O) groups excluding carboxylic acids is 3. The number of alkyl carbamates (subject to hydrolysis) is 1. The molecule has 0 aliphatic rings. The first-order valence-electron chi connectivity index (χ1n) is 14.0. The van der Waals surface area contributed by atoms with E-state index in [1.54, 1.807) is 25.7 Å². The molecule has 0 heterocycles. The van der Waals surface area contributed by atoms with Crippen LogP contribution in [0.5, 0.6) is 0 Å². The molecule has 1 aromatic carbocycles. The molecule has 0 aromatic heterocycles. The Bertz CT molecular complexity index is 913. The molecule has 0 spiro atoms. The lowest BCUT2D eigenvalue weighted by Crippen LogP contribution is -2.56. The Kier molecular flexibility index (Phi) is 14.2. The van der Waals surface area contributed by atoms with Crippen LogP contribution in [0.1, 0.15) is 103 Å². The van der Waals surface area contributed by atoms with Crippen LogP contribution >= 0.6 is 12.6 Å². The number of aryl methyl sites for hydroxylation is 1. The van der Waals surface area contributed by atoms with Gasteiger partial charge in [0.05, 0.1) is 0 Å². The van der Waals surface area contributed by atoms with Crippen LogP contribution in [0.4, 0.5) is 4.79 Å². The Morgan fingerprint density at radius 2 is 1.71 bits per heavy atom. The fraction of sp³-hybridized carbons (Fsp3) is 0.700. The predicted octanol–water partition coefficient (Wildman–Crippen LogP) is 6.13.